The van der Waals surface area contributed by atoms with Crippen LogP contribution in [-0.4, -0.2) is 59.8 Å². The number of pyridine rings is 1. The van der Waals surface area contributed by atoms with E-state index in [1.165, 1.54) is 0 Å². The van der Waals surface area contributed by atoms with Gasteiger partial charge in [-0.2, -0.15) is 0 Å². The summed E-state index contributed by atoms with van der Waals surface area (Å²) in [5.41, 5.74) is 0.531. The lowest BCUT2D eigenvalue weighted by molar-refractivity contribution is 0.0138. The van der Waals surface area contributed by atoms with Crippen LogP contribution in [0, 0.1) is 0 Å². The Labute approximate surface area is 132 Å². The van der Waals surface area contributed by atoms with E-state index in [0.29, 0.717) is 19.0 Å². The van der Waals surface area contributed by atoms with Gasteiger partial charge in [0.2, 0.25) is 5.88 Å². The number of rotatable bonds is 3. The highest BCUT2D eigenvalue weighted by Gasteiger charge is 2.25. The van der Waals surface area contributed by atoms with Crippen LogP contribution in [0.3, 0.4) is 0 Å². The molecule has 6 nitrogen and oxygen atoms in total. The lowest BCUT2D eigenvalue weighted by Gasteiger charge is -2.35. The van der Waals surface area contributed by atoms with Crippen molar-refractivity contribution in [3.05, 3.63) is 23.9 Å². The lowest BCUT2D eigenvalue weighted by atomic mass is 10.2. The molecule has 0 radical (unpaired) electrons. The van der Waals surface area contributed by atoms with Crippen LogP contribution < -0.4 is 4.74 Å². The van der Waals surface area contributed by atoms with E-state index in [4.69, 9.17) is 9.47 Å². The van der Waals surface area contributed by atoms with Gasteiger partial charge in [-0.05, 0) is 26.8 Å². The molecule has 1 aliphatic rings. The zero-order valence-electron chi connectivity index (χ0n) is 13.8. The van der Waals surface area contributed by atoms with Gasteiger partial charge in [0.05, 0.1) is 12.8 Å². The van der Waals surface area contributed by atoms with Gasteiger partial charge < -0.3 is 14.4 Å². The molecule has 1 aliphatic heterocycles. The zero-order chi connectivity index (χ0) is 16.2. The standard InChI is InChI=1S/C16H25N3O3/c1-16(2,3)22-15(20)19-10-8-18(9-11-19)12-13-6-5-7-14(17-13)21-4/h5-7H,8-12H2,1-4H3. The van der Waals surface area contributed by atoms with E-state index in [-0.39, 0.29) is 6.09 Å². The highest BCUT2D eigenvalue weighted by atomic mass is 16.6. The molecule has 0 unspecified atom stereocenters. The minimum Gasteiger partial charge on any atom is -0.481 e. The van der Waals surface area contributed by atoms with Crippen LogP contribution in [-0.2, 0) is 11.3 Å². The monoisotopic (exact) mass is 307 g/mol. The molecule has 22 heavy (non-hydrogen) atoms. The zero-order valence-corrected chi connectivity index (χ0v) is 13.8. The molecule has 0 aromatic carbocycles. The molecule has 0 N–H and O–H groups in total. The minimum absolute atomic E-state index is 0.230. The number of aromatic nitrogens is 1. The Morgan fingerprint density at radius 2 is 1.91 bits per heavy atom. The summed E-state index contributed by atoms with van der Waals surface area (Å²) in [7, 11) is 1.62. The first-order valence-corrected chi connectivity index (χ1v) is 7.57. The second-order valence-electron chi connectivity index (χ2n) is 6.41. The van der Waals surface area contributed by atoms with Crippen LogP contribution in [0.1, 0.15) is 26.5 Å². The summed E-state index contributed by atoms with van der Waals surface area (Å²) in [4.78, 5) is 20.5. The van der Waals surface area contributed by atoms with Crippen molar-refractivity contribution >= 4 is 6.09 Å². The smallest absolute Gasteiger partial charge is 0.410 e. The molecule has 0 bridgehead atoms. The molecule has 1 fully saturated rings. The fourth-order valence-corrected chi connectivity index (χ4v) is 2.30. The molecule has 0 spiro atoms. The van der Waals surface area contributed by atoms with Gasteiger partial charge in [0.25, 0.3) is 0 Å². The van der Waals surface area contributed by atoms with E-state index in [1.807, 2.05) is 39.0 Å². The second-order valence-corrected chi connectivity index (χ2v) is 6.41. The second kappa shape index (κ2) is 6.96. The van der Waals surface area contributed by atoms with Crippen LogP contribution in [0.5, 0.6) is 5.88 Å². The third-order valence-corrected chi connectivity index (χ3v) is 3.40. The Kier molecular flexibility index (Phi) is 5.24. The average Bonchev–Trinajstić information content (AvgIpc) is 2.46. The Hall–Kier alpha value is -1.82. The predicted molar refractivity (Wildman–Crippen MR) is 83.9 cm³/mol. The maximum absolute atomic E-state index is 12.0. The van der Waals surface area contributed by atoms with Crippen molar-refractivity contribution in [2.24, 2.45) is 0 Å². The van der Waals surface area contributed by atoms with Gasteiger partial charge in [-0.15, -0.1) is 0 Å². The van der Waals surface area contributed by atoms with Gasteiger partial charge in [0.15, 0.2) is 0 Å². The van der Waals surface area contributed by atoms with Gasteiger partial charge in [0.1, 0.15) is 5.60 Å². The maximum atomic E-state index is 12.0. The quantitative estimate of drug-likeness (QED) is 0.856. The fraction of sp³-hybridized carbons (Fsp3) is 0.625. The molecule has 1 amide bonds. The normalized spacial score (nSPS) is 16.5. The van der Waals surface area contributed by atoms with Crippen molar-refractivity contribution in [1.82, 2.24) is 14.8 Å². The number of carbonyl (C=O) groups excluding carboxylic acids is 1. The number of carbonyl (C=O) groups is 1. The molecule has 0 saturated carbocycles. The molecule has 1 saturated heterocycles. The Morgan fingerprint density at radius 1 is 1.23 bits per heavy atom. The first-order chi connectivity index (χ1) is 10.4. The summed E-state index contributed by atoms with van der Waals surface area (Å²) in [6.45, 7) is 9.41. The van der Waals surface area contributed by atoms with Gasteiger partial charge >= 0.3 is 6.09 Å². The molecule has 1 aromatic heterocycles. The summed E-state index contributed by atoms with van der Waals surface area (Å²) >= 11 is 0. The molecule has 122 valence electrons. The number of hydrogen-bond acceptors (Lipinski definition) is 5. The largest absolute Gasteiger partial charge is 0.481 e. The topological polar surface area (TPSA) is 54.9 Å². The third-order valence-electron chi connectivity index (χ3n) is 3.40. The first-order valence-electron chi connectivity index (χ1n) is 7.57. The van der Waals surface area contributed by atoms with Crippen LogP contribution in [0.4, 0.5) is 4.79 Å². The van der Waals surface area contributed by atoms with Crippen LogP contribution in [0.25, 0.3) is 0 Å². The average molecular weight is 307 g/mol. The van der Waals surface area contributed by atoms with Gasteiger partial charge in [-0.25, -0.2) is 9.78 Å². The number of hydrogen-bond donors (Lipinski definition) is 0. The highest BCUT2D eigenvalue weighted by Crippen LogP contribution is 2.14. The van der Waals surface area contributed by atoms with Crippen molar-refractivity contribution in [3.63, 3.8) is 0 Å². The molecule has 6 heteroatoms. The fourth-order valence-electron chi connectivity index (χ4n) is 2.30. The molecule has 1 aromatic rings. The molecule has 0 aliphatic carbocycles. The predicted octanol–water partition coefficient (Wildman–Crippen LogP) is 2.14. The summed E-state index contributed by atoms with van der Waals surface area (Å²) < 4.78 is 10.5. The third kappa shape index (κ3) is 4.87. The molecule has 0 atom stereocenters. The van der Waals surface area contributed by atoms with Crippen LogP contribution in [0.2, 0.25) is 0 Å². The molecule has 2 heterocycles. The summed E-state index contributed by atoms with van der Waals surface area (Å²) in [5.74, 6) is 0.630. The van der Waals surface area contributed by atoms with Gasteiger partial charge in [-0.1, -0.05) is 6.07 Å². The number of piperazine rings is 1. The van der Waals surface area contributed by atoms with Crippen molar-refractivity contribution in [2.45, 2.75) is 32.9 Å². The summed E-state index contributed by atoms with van der Waals surface area (Å²) in [6, 6.07) is 5.77. The van der Waals surface area contributed by atoms with Crippen molar-refractivity contribution in [1.29, 1.82) is 0 Å². The number of ether oxygens (including phenoxy) is 2. The number of amides is 1. The summed E-state index contributed by atoms with van der Waals surface area (Å²) in [5, 5.41) is 0. The minimum atomic E-state index is -0.446. The molecular formula is C16H25N3O3. The Balaban J connectivity index is 1.83. The van der Waals surface area contributed by atoms with E-state index in [0.717, 1.165) is 25.3 Å². The SMILES string of the molecule is COc1cccc(CN2CCN(C(=O)OC(C)(C)C)CC2)n1. The number of nitrogens with zero attached hydrogens (tertiary/aromatic N) is 3. The Morgan fingerprint density at radius 3 is 2.50 bits per heavy atom. The van der Waals surface area contributed by atoms with E-state index < -0.39 is 5.60 Å². The van der Waals surface area contributed by atoms with Crippen LogP contribution in [0.15, 0.2) is 18.2 Å². The Bertz CT molecular complexity index is 506. The van der Waals surface area contributed by atoms with E-state index in [1.54, 1.807) is 12.0 Å². The maximum Gasteiger partial charge on any atom is 0.410 e. The van der Waals surface area contributed by atoms with Crippen molar-refractivity contribution in [3.8, 4) is 5.88 Å². The van der Waals surface area contributed by atoms with Crippen LogP contribution >= 0.6 is 0 Å². The van der Waals surface area contributed by atoms with Crippen molar-refractivity contribution in [2.75, 3.05) is 33.3 Å². The van der Waals surface area contributed by atoms with Gasteiger partial charge in [0, 0.05) is 38.8 Å². The van der Waals surface area contributed by atoms with E-state index >= 15 is 0 Å². The first kappa shape index (κ1) is 16.5. The number of methoxy groups -OCH3 is 1. The van der Waals surface area contributed by atoms with Crippen molar-refractivity contribution < 1.29 is 14.3 Å². The van der Waals surface area contributed by atoms with E-state index in [2.05, 4.69) is 9.88 Å². The lowest BCUT2D eigenvalue weighted by Crippen LogP contribution is -2.49. The molecule has 2 rings (SSSR count). The van der Waals surface area contributed by atoms with Gasteiger partial charge in [-0.3, -0.25) is 4.90 Å². The highest BCUT2D eigenvalue weighted by molar-refractivity contribution is 5.68. The van der Waals surface area contributed by atoms with E-state index in [9.17, 15) is 4.79 Å². The summed E-state index contributed by atoms with van der Waals surface area (Å²) in [6.07, 6.45) is -0.230. The molecular weight excluding hydrogens is 282 g/mol.